The minimum atomic E-state index is -0.449. The van der Waals surface area contributed by atoms with Crippen LogP contribution in [0.2, 0.25) is 0 Å². The fraction of sp³-hybridized carbons (Fsp3) is 0.267. The largest absolute Gasteiger partial charge is 0.508 e. The summed E-state index contributed by atoms with van der Waals surface area (Å²) in [5.74, 6) is 0.345. The highest BCUT2D eigenvalue weighted by Gasteiger charge is 2.34. The summed E-state index contributed by atoms with van der Waals surface area (Å²) in [5.41, 5.74) is 1.23. The van der Waals surface area contributed by atoms with Crippen LogP contribution >= 0.6 is 0 Å². The predicted octanol–water partition coefficient (Wildman–Crippen LogP) is 5.12. The van der Waals surface area contributed by atoms with Gasteiger partial charge in [-0.3, -0.25) is 0 Å². The number of nitrogens with one attached hydrogen (secondary N) is 1. The maximum atomic E-state index is 16.4. The maximum absolute atomic E-state index is 16.4. The van der Waals surface area contributed by atoms with E-state index in [0.29, 0.717) is 47.6 Å². The fourth-order valence-electron chi connectivity index (χ4n) is 5.89. The third-order valence-electron chi connectivity index (χ3n) is 7.67. The van der Waals surface area contributed by atoms with E-state index in [4.69, 9.17) is 9.72 Å². The van der Waals surface area contributed by atoms with Crippen molar-refractivity contribution in [2.45, 2.75) is 31.5 Å². The van der Waals surface area contributed by atoms with Crippen molar-refractivity contribution in [1.29, 1.82) is 0 Å². The van der Waals surface area contributed by atoms with Gasteiger partial charge in [0.25, 0.3) is 0 Å². The normalized spacial score (nSPS) is 18.9. The van der Waals surface area contributed by atoms with E-state index in [1.807, 2.05) is 59.4 Å². The molecule has 0 radical (unpaired) electrons. The van der Waals surface area contributed by atoms with Crippen molar-refractivity contribution < 1.29 is 14.2 Å². The number of hydrogen-bond acceptors (Lipinski definition) is 6. The molecule has 0 spiro atoms. The number of hydrogen-bond donors (Lipinski definition) is 2. The number of aromatic nitrogens is 3. The predicted molar refractivity (Wildman–Crippen MR) is 146 cm³/mol. The number of rotatable bonds is 6. The molecule has 38 heavy (non-hydrogen) atoms. The molecule has 2 aliphatic heterocycles. The summed E-state index contributed by atoms with van der Waals surface area (Å²) in [7, 11) is 0. The first-order valence-corrected chi connectivity index (χ1v) is 13.1. The van der Waals surface area contributed by atoms with Crippen LogP contribution in [-0.4, -0.2) is 51.4 Å². The van der Waals surface area contributed by atoms with E-state index < -0.39 is 5.82 Å². The Morgan fingerprint density at radius 1 is 0.921 bits per heavy atom. The second kappa shape index (κ2) is 9.29. The second-order valence-corrected chi connectivity index (χ2v) is 10.2. The topological polar surface area (TPSA) is 75.4 Å². The van der Waals surface area contributed by atoms with Crippen molar-refractivity contribution in [3.05, 3.63) is 78.9 Å². The Hall–Kier alpha value is -4.17. The van der Waals surface area contributed by atoms with Gasteiger partial charge in [0.1, 0.15) is 23.7 Å². The van der Waals surface area contributed by atoms with Gasteiger partial charge in [-0.1, -0.05) is 30.3 Å². The zero-order chi connectivity index (χ0) is 25.6. The molecule has 2 aliphatic rings. The van der Waals surface area contributed by atoms with Crippen molar-refractivity contribution in [3.8, 4) is 22.9 Å². The van der Waals surface area contributed by atoms with E-state index in [1.54, 1.807) is 18.2 Å². The number of fused-ring (bicyclic) bond motifs is 4. The minimum Gasteiger partial charge on any atom is -0.508 e. The van der Waals surface area contributed by atoms with Gasteiger partial charge in [-0.05, 0) is 59.5 Å². The molecule has 5 aromatic rings. The average Bonchev–Trinajstić information content (AvgIpc) is 3.57. The molecule has 2 atom stereocenters. The lowest BCUT2D eigenvalue weighted by molar-refractivity contribution is 0.276. The van der Waals surface area contributed by atoms with Crippen molar-refractivity contribution in [2.75, 3.05) is 24.6 Å². The molecule has 7 nitrogen and oxygen atoms in total. The fourth-order valence-corrected chi connectivity index (χ4v) is 5.89. The van der Waals surface area contributed by atoms with Crippen LogP contribution in [0.3, 0.4) is 0 Å². The molecule has 0 saturated carbocycles. The molecule has 0 amide bonds. The number of halogens is 1. The Balaban J connectivity index is 1.34. The summed E-state index contributed by atoms with van der Waals surface area (Å²) in [6.07, 6.45) is 6.21. The van der Waals surface area contributed by atoms with Crippen LogP contribution in [0.4, 0.5) is 10.2 Å². The van der Waals surface area contributed by atoms with Gasteiger partial charge in [-0.2, -0.15) is 9.97 Å². The number of ether oxygens (including phenoxy) is 1. The molecule has 7 rings (SSSR count). The van der Waals surface area contributed by atoms with Crippen molar-refractivity contribution in [3.63, 3.8) is 0 Å². The molecule has 2 bridgehead atoms. The van der Waals surface area contributed by atoms with Crippen LogP contribution in [0, 0.1) is 5.82 Å². The number of phenols is 1. The van der Waals surface area contributed by atoms with Gasteiger partial charge in [0.2, 0.25) is 0 Å². The van der Waals surface area contributed by atoms with E-state index in [-0.39, 0.29) is 17.3 Å². The summed E-state index contributed by atoms with van der Waals surface area (Å²) < 4.78 is 24.4. The van der Waals surface area contributed by atoms with Crippen LogP contribution in [0.25, 0.3) is 32.8 Å². The van der Waals surface area contributed by atoms with E-state index >= 15 is 4.39 Å². The number of nitrogens with zero attached hydrogens (tertiary/aromatic N) is 4. The summed E-state index contributed by atoms with van der Waals surface area (Å²) in [6.45, 7) is 2.63. The molecule has 3 aromatic carbocycles. The van der Waals surface area contributed by atoms with E-state index in [0.717, 1.165) is 36.7 Å². The second-order valence-electron chi connectivity index (χ2n) is 10.2. The number of aromatic hydroxyl groups is 1. The van der Waals surface area contributed by atoms with Crippen LogP contribution < -0.4 is 15.0 Å². The summed E-state index contributed by atoms with van der Waals surface area (Å²) in [4.78, 5) is 11.6. The first kappa shape index (κ1) is 23.0. The molecule has 192 valence electrons. The van der Waals surface area contributed by atoms with Gasteiger partial charge in [0, 0.05) is 48.5 Å². The summed E-state index contributed by atoms with van der Waals surface area (Å²) >= 11 is 0. The Morgan fingerprint density at radius 3 is 2.53 bits per heavy atom. The molecular formula is C30H28FN5O2. The molecule has 2 aromatic heterocycles. The monoisotopic (exact) mass is 509 g/mol. The Morgan fingerprint density at radius 2 is 1.71 bits per heavy atom. The van der Waals surface area contributed by atoms with E-state index in [1.165, 1.54) is 0 Å². The Kier molecular flexibility index (Phi) is 5.62. The molecular weight excluding hydrogens is 481 g/mol. The zero-order valence-electron chi connectivity index (χ0n) is 20.8. The molecule has 0 aliphatic carbocycles. The lowest BCUT2D eigenvalue weighted by Crippen LogP contribution is -2.51. The van der Waals surface area contributed by atoms with Crippen LogP contribution in [0.5, 0.6) is 11.8 Å². The smallest absolute Gasteiger partial charge is 0.319 e. The van der Waals surface area contributed by atoms with Gasteiger partial charge >= 0.3 is 6.01 Å². The number of anilines is 1. The highest BCUT2D eigenvalue weighted by atomic mass is 19.1. The first-order chi connectivity index (χ1) is 18.6. The molecule has 2 saturated heterocycles. The number of benzene rings is 3. The van der Waals surface area contributed by atoms with Gasteiger partial charge in [0.15, 0.2) is 5.82 Å². The van der Waals surface area contributed by atoms with Crippen molar-refractivity contribution in [2.24, 2.45) is 0 Å². The van der Waals surface area contributed by atoms with E-state index in [9.17, 15) is 5.11 Å². The third kappa shape index (κ3) is 4.11. The van der Waals surface area contributed by atoms with Gasteiger partial charge < -0.3 is 24.6 Å². The lowest BCUT2D eigenvalue weighted by Gasteiger charge is -2.34. The average molecular weight is 510 g/mol. The molecule has 2 N–H and O–H groups in total. The number of piperazine rings is 1. The van der Waals surface area contributed by atoms with Gasteiger partial charge in [-0.15, -0.1) is 0 Å². The molecule has 8 heteroatoms. The third-order valence-corrected chi connectivity index (χ3v) is 7.67. The Bertz CT molecular complexity index is 1630. The van der Waals surface area contributed by atoms with Crippen LogP contribution in [-0.2, 0) is 6.54 Å². The minimum absolute atomic E-state index is 0.0897. The number of phenolic OH excluding ortho intramolecular Hbond substituents is 1. The standard InChI is InChI=1S/C30H28FN5O2/c31-27-24(26-16-22(37)15-19-5-1-2-6-23(19)26)9-10-25-28(27)33-30(38-14-13-35-11-3-4-12-35)34-29(25)36-17-20-7-8-21(18-36)32-20/h1-6,9-12,15-16,20-21,32,37H,7-8,13-14,17-18H2. The quantitative estimate of drug-likeness (QED) is 0.331. The SMILES string of the molecule is Oc1cc(-c2ccc3c(N4CC5CCC(C4)N5)nc(OCCn4cccc4)nc3c2F)c2ccccc2c1. The summed E-state index contributed by atoms with van der Waals surface area (Å²) in [6, 6.07) is 19.5. The highest BCUT2D eigenvalue weighted by Crippen LogP contribution is 2.38. The molecule has 2 fully saturated rings. The first-order valence-electron chi connectivity index (χ1n) is 13.1. The van der Waals surface area contributed by atoms with Crippen LogP contribution in [0.1, 0.15) is 12.8 Å². The zero-order valence-corrected chi connectivity index (χ0v) is 20.8. The van der Waals surface area contributed by atoms with Crippen molar-refractivity contribution in [1.82, 2.24) is 19.9 Å². The molecule has 2 unspecified atom stereocenters. The van der Waals surface area contributed by atoms with Gasteiger partial charge in [-0.25, -0.2) is 4.39 Å². The van der Waals surface area contributed by atoms with E-state index in [2.05, 4.69) is 15.2 Å². The van der Waals surface area contributed by atoms with Gasteiger partial charge in [0.05, 0.1) is 6.54 Å². The lowest BCUT2D eigenvalue weighted by atomic mass is 9.96. The molecule has 4 heterocycles. The Labute approximate surface area is 219 Å². The summed E-state index contributed by atoms with van der Waals surface area (Å²) in [5, 5.41) is 16.4. The van der Waals surface area contributed by atoms with Crippen LogP contribution in [0.15, 0.2) is 73.1 Å². The highest BCUT2D eigenvalue weighted by molar-refractivity contribution is 6.01. The maximum Gasteiger partial charge on any atom is 0.319 e. The van der Waals surface area contributed by atoms with Crippen molar-refractivity contribution >= 4 is 27.5 Å².